The number of nitrogens with zero attached hydrogens (tertiary/aromatic N) is 4. The lowest BCUT2D eigenvalue weighted by molar-refractivity contribution is -0.187. The van der Waals surface area contributed by atoms with Crippen LogP contribution in [0.4, 0.5) is 4.39 Å². The largest absolute Gasteiger partial charge is 0.348 e. The first-order valence-corrected chi connectivity index (χ1v) is 19.5. The molecule has 0 radical (unpaired) electrons. The molecule has 1 aromatic carbocycles. The van der Waals surface area contributed by atoms with Gasteiger partial charge in [0.15, 0.2) is 6.35 Å². The van der Waals surface area contributed by atoms with Gasteiger partial charge in [0.25, 0.3) is 0 Å². The number of nitrogens with one attached hydrogen (secondary N) is 2. The zero-order valence-corrected chi connectivity index (χ0v) is 29.8. The Labute approximate surface area is 293 Å². The number of hydrogen-bond acceptors (Lipinski definition) is 7. The summed E-state index contributed by atoms with van der Waals surface area (Å²) in [6.45, 7) is 7.63. The number of ether oxygens (including phenoxy) is 1. The average molecular weight is 675 g/mol. The number of hydrogen-bond donors (Lipinski definition) is 2. The lowest BCUT2D eigenvalue weighted by Gasteiger charge is -2.64. The molecule has 2 saturated carbocycles. The molecule has 4 unspecified atom stereocenters. The van der Waals surface area contributed by atoms with Crippen molar-refractivity contribution in [3.63, 3.8) is 0 Å². The predicted octanol–water partition coefficient (Wildman–Crippen LogP) is 5.73. The highest BCUT2D eigenvalue weighted by Gasteiger charge is 2.60. The van der Waals surface area contributed by atoms with Crippen LogP contribution in [0.1, 0.15) is 101 Å². The number of rotatable bonds is 7. The highest BCUT2D eigenvalue weighted by Crippen LogP contribution is 2.54. The van der Waals surface area contributed by atoms with Crippen molar-refractivity contribution >= 4 is 5.91 Å². The van der Waals surface area contributed by atoms with Gasteiger partial charge in [0.1, 0.15) is 5.82 Å². The number of piperazine rings is 1. The van der Waals surface area contributed by atoms with E-state index in [2.05, 4.69) is 40.1 Å². The fraction of sp³-hybridized carbons (Fsp3) is 0.750. The molecule has 7 atom stereocenters. The predicted molar refractivity (Wildman–Crippen MR) is 190 cm³/mol. The first-order chi connectivity index (χ1) is 23.8. The van der Waals surface area contributed by atoms with Crippen molar-refractivity contribution in [2.75, 3.05) is 39.8 Å². The molecule has 1 aromatic rings. The molecule has 9 heteroatoms. The van der Waals surface area contributed by atoms with Crippen LogP contribution in [-0.2, 0) is 22.4 Å². The maximum Gasteiger partial charge on any atom is 0.246 e. The standard InChI is InChI=1S/C40H59FN6O2/c1-3-37(48)47-23-22-46(27-33(47)17-20-42)40(31-10-7-5-4-6-8-11-31)35-16-19-39(18-15-29-13-14-32(41)24-30(29)25-39)26-36(35)43-38(44-40)49-28-34-12-9-21-45(34)2/h3,13-14,24,31,33-36,38,43-44H,1,4-12,15-19,21-23,25-28H2,2H3/t33-,34-,35?,36?,38?,39+,40?/m1/s1. The van der Waals surface area contributed by atoms with Crippen LogP contribution in [0.3, 0.4) is 0 Å². The molecule has 49 heavy (non-hydrogen) atoms. The minimum Gasteiger partial charge on any atom is -0.348 e. The molecule has 6 aliphatic rings. The van der Waals surface area contributed by atoms with Crippen LogP contribution in [0, 0.1) is 34.4 Å². The topological polar surface area (TPSA) is 83.9 Å². The number of nitriles is 1. The fourth-order valence-corrected chi connectivity index (χ4v) is 11.2. The van der Waals surface area contributed by atoms with Crippen LogP contribution in [0.2, 0.25) is 0 Å². The summed E-state index contributed by atoms with van der Waals surface area (Å²) in [6.07, 6.45) is 18.9. The number of likely N-dealkylation sites (N-methyl/N-ethyl adjacent to an activating group) is 1. The van der Waals surface area contributed by atoms with Crippen LogP contribution >= 0.6 is 0 Å². The summed E-state index contributed by atoms with van der Waals surface area (Å²) in [5.41, 5.74) is 2.35. The number of carbonyl (C=O) groups excluding carboxylic acids is 1. The molecule has 3 saturated heterocycles. The third-order valence-electron chi connectivity index (χ3n) is 13.7. The van der Waals surface area contributed by atoms with Gasteiger partial charge in [-0.3, -0.25) is 20.3 Å². The van der Waals surface area contributed by atoms with Crippen LogP contribution in [0.5, 0.6) is 0 Å². The number of halogens is 1. The minimum absolute atomic E-state index is 0.0773. The molecular formula is C40H59FN6O2. The van der Waals surface area contributed by atoms with Gasteiger partial charge >= 0.3 is 0 Å². The molecule has 5 fully saturated rings. The first kappa shape index (κ1) is 35.1. The van der Waals surface area contributed by atoms with Crippen LogP contribution in [0.25, 0.3) is 0 Å². The Morgan fingerprint density at radius 3 is 2.63 bits per heavy atom. The Balaban J connectivity index is 1.24. The molecule has 1 amide bonds. The van der Waals surface area contributed by atoms with Gasteiger partial charge in [-0.1, -0.05) is 44.7 Å². The fourth-order valence-electron chi connectivity index (χ4n) is 11.2. The highest BCUT2D eigenvalue weighted by atomic mass is 19.1. The van der Waals surface area contributed by atoms with E-state index >= 15 is 0 Å². The van der Waals surface area contributed by atoms with Crippen molar-refractivity contribution in [1.82, 2.24) is 25.3 Å². The number of benzene rings is 1. The average Bonchev–Trinajstić information content (AvgIpc) is 3.50. The summed E-state index contributed by atoms with van der Waals surface area (Å²) in [6, 6.07) is 8.33. The Morgan fingerprint density at radius 1 is 1.06 bits per heavy atom. The van der Waals surface area contributed by atoms with E-state index in [0.717, 1.165) is 58.0 Å². The number of aryl methyl sites for hydroxylation is 1. The van der Waals surface area contributed by atoms with E-state index in [-0.39, 0.29) is 41.2 Å². The van der Waals surface area contributed by atoms with E-state index in [1.807, 2.05) is 11.0 Å². The van der Waals surface area contributed by atoms with Gasteiger partial charge in [-0.15, -0.1) is 0 Å². The molecule has 7 rings (SSSR count). The van der Waals surface area contributed by atoms with Gasteiger partial charge in [0.05, 0.1) is 30.8 Å². The monoisotopic (exact) mass is 674 g/mol. The van der Waals surface area contributed by atoms with E-state index < -0.39 is 0 Å². The number of likely N-dealkylation sites (tertiary alicyclic amines) is 1. The number of carbonyl (C=O) groups is 1. The smallest absolute Gasteiger partial charge is 0.246 e. The van der Waals surface area contributed by atoms with E-state index in [4.69, 9.17) is 4.74 Å². The van der Waals surface area contributed by atoms with Crippen molar-refractivity contribution in [3.05, 3.63) is 47.8 Å². The molecule has 1 spiro atoms. The zero-order valence-electron chi connectivity index (χ0n) is 29.8. The van der Waals surface area contributed by atoms with Crippen LogP contribution < -0.4 is 10.6 Å². The van der Waals surface area contributed by atoms with E-state index in [9.17, 15) is 14.4 Å². The maximum absolute atomic E-state index is 14.5. The summed E-state index contributed by atoms with van der Waals surface area (Å²) in [5, 5.41) is 18.2. The molecule has 3 heterocycles. The first-order valence-electron chi connectivity index (χ1n) is 19.5. The van der Waals surface area contributed by atoms with Crippen molar-refractivity contribution < 1.29 is 13.9 Å². The number of fused-ring (bicyclic) bond motifs is 2. The molecular weight excluding hydrogens is 615 g/mol. The van der Waals surface area contributed by atoms with E-state index in [0.29, 0.717) is 44.0 Å². The van der Waals surface area contributed by atoms with Crippen molar-refractivity contribution in [2.24, 2.45) is 17.3 Å². The van der Waals surface area contributed by atoms with Crippen LogP contribution in [0.15, 0.2) is 30.9 Å². The molecule has 268 valence electrons. The van der Waals surface area contributed by atoms with Gasteiger partial charge in [-0.25, -0.2) is 4.39 Å². The maximum atomic E-state index is 14.5. The molecule has 3 aliphatic heterocycles. The summed E-state index contributed by atoms with van der Waals surface area (Å²) >= 11 is 0. The van der Waals surface area contributed by atoms with Gasteiger partial charge in [-0.2, -0.15) is 5.26 Å². The normalized spacial score (nSPS) is 36.3. The second-order valence-corrected chi connectivity index (χ2v) is 16.4. The third kappa shape index (κ3) is 7.10. The second kappa shape index (κ2) is 15.1. The third-order valence-corrected chi connectivity index (χ3v) is 13.7. The summed E-state index contributed by atoms with van der Waals surface area (Å²) < 4.78 is 21.4. The van der Waals surface area contributed by atoms with Gasteiger partial charge in [-0.05, 0) is 118 Å². The zero-order chi connectivity index (χ0) is 34.0. The second-order valence-electron chi connectivity index (χ2n) is 16.4. The summed E-state index contributed by atoms with van der Waals surface area (Å²) in [4.78, 5) is 20.0. The molecule has 0 bridgehead atoms. The summed E-state index contributed by atoms with van der Waals surface area (Å²) in [5.74, 6) is 0.600. The Bertz CT molecular complexity index is 1380. The lowest BCUT2D eigenvalue weighted by atomic mass is 9.56. The Kier molecular flexibility index (Phi) is 10.8. The van der Waals surface area contributed by atoms with Gasteiger partial charge < -0.3 is 14.5 Å². The Morgan fingerprint density at radius 2 is 1.88 bits per heavy atom. The quantitative estimate of drug-likeness (QED) is 0.358. The minimum atomic E-state index is -0.309. The highest BCUT2D eigenvalue weighted by molar-refractivity contribution is 5.87. The Hall–Kier alpha value is -2.35. The number of amides is 1. The molecule has 8 nitrogen and oxygen atoms in total. The van der Waals surface area contributed by atoms with Crippen molar-refractivity contribution in [1.29, 1.82) is 5.26 Å². The van der Waals surface area contributed by atoms with Crippen molar-refractivity contribution in [3.8, 4) is 6.07 Å². The molecule has 0 aromatic heterocycles. The lowest BCUT2D eigenvalue weighted by Crippen LogP contribution is -2.81. The summed E-state index contributed by atoms with van der Waals surface area (Å²) in [7, 11) is 2.21. The van der Waals surface area contributed by atoms with Crippen molar-refractivity contribution in [2.45, 2.75) is 133 Å². The van der Waals surface area contributed by atoms with Gasteiger partial charge in [0, 0.05) is 37.6 Å². The van der Waals surface area contributed by atoms with E-state index in [1.165, 1.54) is 68.6 Å². The molecule has 2 N–H and O–H groups in total. The van der Waals surface area contributed by atoms with Gasteiger partial charge in [0.2, 0.25) is 5.91 Å². The SMILES string of the molecule is C=CC(=O)N1CCN(C2(C3CCCCCCC3)NC(OC[C@H]3CCCN3C)NC3C[C@@]4(CCc5ccc(F)cc5C4)CCC32)C[C@H]1CC#N. The van der Waals surface area contributed by atoms with Crippen LogP contribution in [-0.4, -0.2) is 90.6 Å². The van der Waals surface area contributed by atoms with E-state index in [1.54, 1.807) is 12.1 Å². The molecule has 3 aliphatic carbocycles.